The number of ether oxygens (including phenoxy) is 2. The van der Waals surface area contributed by atoms with Gasteiger partial charge in [0.2, 0.25) is 0 Å². The summed E-state index contributed by atoms with van der Waals surface area (Å²) in [6, 6.07) is 0. The highest BCUT2D eigenvalue weighted by atomic mass is 28.4. The van der Waals surface area contributed by atoms with Crippen LogP contribution >= 0.6 is 0 Å². The molecular formula is C16H34O3Si. The predicted octanol–water partition coefficient (Wildman–Crippen LogP) is 4.72. The lowest BCUT2D eigenvalue weighted by atomic mass is 10.3. The van der Waals surface area contributed by atoms with E-state index in [1.54, 1.807) is 0 Å². The molecule has 3 nitrogen and oxygen atoms in total. The van der Waals surface area contributed by atoms with Gasteiger partial charge in [-0.1, -0.05) is 41.5 Å². The molecule has 0 amide bonds. The maximum atomic E-state index is 6.55. The van der Waals surface area contributed by atoms with Gasteiger partial charge in [-0.15, -0.1) is 0 Å². The van der Waals surface area contributed by atoms with Crippen molar-refractivity contribution in [1.29, 1.82) is 0 Å². The fourth-order valence-corrected chi connectivity index (χ4v) is 9.24. The van der Waals surface area contributed by atoms with Crippen molar-refractivity contribution in [2.45, 2.75) is 90.3 Å². The molecule has 0 aliphatic carbocycles. The van der Waals surface area contributed by atoms with E-state index in [9.17, 15) is 0 Å². The van der Waals surface area contributed by atoms with E-state index in [0.717, 1.165) is 13.0 Å². The lowest BCUT2D eigenvalue weighted by molar-refractivity contribution is -0.139. The Balaban J connectivity index is 2.56. The average Bonchev–Trinajstić information content (AvgIpc) is 2.62. The Kier molecular flexibility index (Phi) is 6.26. The molecule has 1 unspecified atom stereocenters. The van der Waals surface area contributed by atoms with Crippen LogP contribution in [0, 0.1) is 0 Å². The van der Waals surface area contributed by atoms with E-state index in [1.165, 1.54) is 0 Å². The Bertz CT molecular complexity index is 278. The van der Waals surface area contributed by atoms with E-state index >= 15 is 0 Å². The third kappa shape index (κ3) is 4.06. The molecule has 0 aromatic carbocycles. The molecule has 0 aromatic heterocycles. The van der Waals surface area contributed by atoms with Crippen molar-refractivity contribution in [2.24, 2.45) is 0 Å². The maximum Gasteiger partial charge on any atom is 0.200 e. The summed E-state index contributed by atoms with van der Waals surface area (Å²) >= 11 is 0. The van der Waals surface area contributed by atoms with Crippen LogP contribution in [0.3, 0.4) is 0 Å². The highest BCUT2D eigenvalue weighted by molar-refractivity contribution is 6.77. The summed E-state index contributed by atoms with van der Waals surface area (Å²) in [4.78, 5) is 0. The molecule has 0 aromatic rings. The van der Waals surface area contributed by atoms with Gasteiger partial charge in [0.15, 0.2) is 14.1 Å². The molecule has 0 spiro atoms. The molecule has 4 heteroatoms. The van der Waals surface area contributed by atoms with Crippen molar-refractivity contribution in [3.8, 4) is 0 Å². The van der Waals surface area contributed by atoms with Gasteiger partial charge < -0.3 is 13.9 Å². The summed E-state index contributed by atoms with van der Waals surface area (Å²) < 4.78 is 18.0. The fourth-order valence-electron chi connectivity index (χ4n) is 3.77. The topological polar surface area (TPSA) is 27.7 Å². The predicted molar refractivity (Wildman–Crippen MR) is 86.5 cm³/mol. The monoisotopic (exact) mass is 302 g/mol. The van der Waals surface area contributed by atoms with Crippen LogP contribution in [0.4, 0.5) is 0 Å². The molecule has 0 bridgehead atoms. The van der Waals surface area contributed by atoms with E-state index in [1.807, 2.05) is 13.8 Å². The molecule has 1 rings (SSSR count). The smallest absolute Gasteiger partial charge is 0.200 e. The van der Waals surface area contributed by atoms with Gasteiger partial charge in [0, 0.05) is 6.61 Å². The van der Waals surface area contributed by atoms with Crippen LogP contribution in [-0.4, -0.2) is 33.4 Å². The van der Waals surface area contributed by atoms with Crippen LogP contribution in [0.25, 0.3) is 0 Å². The van der Waals surface area contributed by atoms with Gasteiger partial charge in [-0.25, -0.2) is 0 Å². The summed E-state index contributed by atoms with van der Waals surface area (Å²) in [7, 11) is -1.73. The Morgan fingerprint density at radius 2 is 1.55 bits per heavy atom. The van der Waals surface area contributed by atoms with Crippen molar-refractivity contribution in [3.63, 3.8) is 0 Å². The summed E-state index contributed by atoms with van der Waals surface area (Å²) in [5.41, 5.74) is 1.92. The quantitative estimate of drug-likeness (QED) is 0.637. The van der Waals surface area contributed by atoms with Gasteiger partial charge in [-0.05, 0) is 36.9 Å². The van der Waals surface area contributed by atoms with Crippen LogP contribution in [0.2, 0.25) is 16.6 Å². The molecule has 120 valence electrons. The van der Waals surface area contributed by atoms with E-state index in [0.29, 0.717) is 23.2 Å². The number of hydrogen-bond donors (Lipinski definition) is 0. The highest BCUT2D eigenvalue weighted by Crippen LogP contribution is 2.42. The first-order valence-corrected chi connectivity index (χ1v) is 10.2. The van der Waals surface area contributed by atoms with Gasteiger partial charge in [0.05, 0.1) is 12.7 Å². The lowest BCUT2D eigenvalue weighted by Gasteiger charge is -2.42. The van der Waals surface area contributed by atoms with Crippen LogP contribution in [0.5, 0.6) is 0 Å². The first-order chi connectivity index (χ1) is 9.12. The summed E-state index contributed by atoms with van der Waals surface area (Å²) in [6.07, 6.45) is 1.12. The van der Waals surface area contributed by atoms with Crippen molar-refractivity contribution in [2.75, 3.05) is 13.2 Å². The first kappa shape index (κ1) is 18.1. The van der Waals surface area contributed by atoms with Crippen LogP contribution in [0.1, 0.15) is 61.8 Å². The second-order valence-corrected chi connectivity index (χ2v) is 12.9. The molecule has 0 radical (unpaired) electrons. The minimum atomic E-state index is -1.73. The highest BCUT2D eigenvalue weighted by Gasteiger charge is 2.45. The Morgan fingerprint density at radius 1 is 1.05 bits per heavy atom. The fraction of sp³-hybridized carbons (Fsp3) is 1.00. The normalized spacial score (nSPS) is 23.2. The van der Waals surface area contributed by atoms with Crippen LogP contribution in [-0.2, 0) is 13.9 Å². The minimum absolute atomic E-state index is 0.184. The number of hydrogen-bond acceptors (Lipinski definition) is 3. The van der Waals surface area contributed by atoms with Crippen LogP contribution in [0.15, 0.2) is 0 Å². The summed E-state index contributed by atoms with van der Waals surface area (Å²) in [5, 5.41) is 0. The molecule has 1 atom stereocenters. The standard InChI is InChI=1S/C16H34O3Si/c1-12(2)20(13(3)4,14(5)6)18-10-9-15-11-17-16(7,8)19-15/h12-15H,9-11H2,1-8H3. The third-order valence-electron chi connectivity index (χ3n) is 4.57. The van der Waals surface area contributed by atoms with Gasteiger partial charge in [-0.3, -0.25) is 0 Å². The van der Waals surface area contributed by atoms with E-state index < -0.39 is 14.1 Å². The van der Waals surface area contributed by atoms with Crippen molar-refractivity contribution >= 4 is 8.32 Å². The van der Waals surface area contributed by atoms with Gasteiger partial charge in [0.1, 0.15) is 0 Å². The third-order valence-corrected chi connectivity index (χ3v) is 10.7. The van der Waals surface area contributed by atoms with E-state index in [-0.39, 0.29) is 6.10 Å². The van der Waals surface area contributed by atoms with Crippen molar-refractivity contribution in [1.82, 2.24) is 0 Å². The Labute approximate surface area is 126 Å². The van der Waals surface area contributed by atoms with E-state index in [2.05, 4.69) is 41.5 Å². The zero-order valence-electron chi connectivity index (χ0n) is 14.7. The first-order valence-electron chi connectivity index (χ1n) is 8.07. The van der Waals surface area contributed by atoms with E-state index in [4.69, 9.17) is 13.9 Å². The Morgan fingerprint density at radius 3 is 1.90 bits per heavy atom. The maximum absolute atomic E-state index is 6.55. The van der Waals surface area contributed by atoms with Gasteiger partial charge in [0.25, 0.3) is 0 Å². The van der Waals surface area contributed by atoms with Crippen LogP contribution < -0.4 is 0 Å². The largest absolute Gasteiger partial charge is 0.416 e. The molecule has 0 N–H and O–H groups in total. The lowest BCUT2D eigenvalue weighted by Crippen LogP contribution is -2.48. The summed E-state index contributed by atoms with van der Waals surface area (Å²) in [6.45, 7) is 19.4. The molecule has 1 heterocycles. The Hall–Kier alpha value is 0.0969. The molecule has 1 aliphatic heterocycles. The summed E-state index contributed by atoms with van der Waals surface area (Å²) in [5.74, 6) is -0.423. The molecule has 1 fully saturated rings. The second-order valence-electron chi connectivity index (χ2n) is 7.41. The molecule has 0 saturated carbocycles. The van der Waals surface area contributed by atoms with Gasteiger partial charge >= 0.3 is 0 Å². The SMILES string of the molecule is CC(C)[Si](OCCC1COC(C)(C)O1)(C(C)C)C(C)C. The average molecular weight is 303 g/mol. The molecule has 20 heavy (non-hydrogen) atoms. The van der Waals surface area contributed by atoms with Crippen molar-refractivity contribution < 1.29 is 13.9 Å². The molecule has 1 saturated heterocycles. The van der Waals surface area contributed by atoms with Gasteiger partial charge in [-0.2, -0.15) is 0 Å². The molecule has 1 aliphatic rings. The zero-order chi connectivity index (χ0) is 15.6. The minimum Gasteiger partial charge on any atom is -0.416 e. The van der Waals surface area contributed by atoms with Crippen molar-refractivity contribution in [3.05, 3.63) is 0 Å². The zero-order valence-corrected chi connectivity index (χ0v) is 15.7. The molecular weight excluding hydrogens is 268 g/mol. The second kappa shape index (κ2) is 6.90. The number of rotatable bonds is 7.